The third-order valence-electron chi connectivity index (χ3n) is 6.28. The van der Waals surface area contributed by atoms with Crippen LogP contribution in [-0.2, 0) is 45.1 Å². The molecule has 2 unspecified atom stereocenters. The molecule has 0 bridgehead atoms. The number of carbonyl (C=O) groups is 2. The van der Waals surface area contributed by atoms with Crippen molar-refractivity contribution >= 4 is 56.5 Å². The number of amides is 2. The molecule has 200 valence electrons. The Bertz CT molecular complexity index is 1380. The van der Waals surface area contributed by atoms with E-state index in [1.54, 1.807) is 11.8 Å². The summed E-state index contributed by atoms with van der Waals surface area (Å²) >= 11 is 4.53. The number of fused-ring (bicyclic) bond motifs is 2. The highest BCUT2D eigenvalue weighted by atomic mass is 32.2. The average Bonchev–Trinajstić information content (AvgIpc) is 3.75. The Kier molecular flexibility index (Phi) is 7.93. The maximum atomic E-state index is 12.7. The van der Waals surface area contributed by atoms with Gasteiger partial charge in [-0.2, -0.15) is 11.8 Å². The summed E-state index contributed by atoms with van der Waals surface area (Å²) in [6.45, 7) is 0.870. The van der Waals surface area contributed by atoms with Gasteiger partial charge in [0, 0.05) is 12.8 Å². The normalized spacial score (nSPS) is 17.5. The molecule has 2 N–H and O–H groups in total. The van der Waals surface area contributed by atoms with Gasteiger partial charge in [-0.25, -0.2) is 0 Å². The molecule has 2 atom stereocenters. The van der Waals surface area contributed by atoms with Gasteiger partial charge in [0.25, 0.3) is 11.8 Å². The highest BCUT2D eigenvalue weighted by Crippen LogP contribution is 2.33. The van der Waals surface area contributed by atoms with Gasteiger partial charge in [0.15, 0.2) is 12.2 Å². The topological polar surface area (TPSA) is 128 Å². The Morgan fingerprint density at radius 3 is 1.69 bits per heavy atom. The number of anilines is 2. The van der Waals surface area contributed by atoms with Crippen molar-refractivity contribution in [2.45, 2.75) is 38.3 Å². The lowest BCUT2D eigenvalue weighted by molar-refractivity contribution is -0.127. The van der Waals surface area contributed by atoms with Gasteiger partial charge in [-0.1, -0.05) is 71.2 Å². The van der Waals surface area contributed by atoms with Crippen molar-refractivity contribution in [1.82, 2.24) is 20.4 Å². The molecule has 10 nitrogen and oxygen atoms in total. The SMILES string of the molecule is O=C(Nc1nnc(CCSCCc2nnc(NC(=O)C3OCc4ccccc43)s2)s1)C1OCc2ccccc21. The van der Waals surface area contributed by atoms with E-state index in [4.69, 9.17) is 9.47 Å². The number of rotatable bonds is 10. The lowest BCUT2D eigenvalue weighted by atomic mass is 10.1. The second kappa shape index (κ2) is 11.9. The fourth-order valence-electron chi connectivity index (χ4n) is 4.38. The number of aromatic nitrogens is 4. The zero-order chi connectivity index (χ0) is 26.6. The quantitative estimate of drug-likeness (QED) is 0.263. The highest BCUT2D eigenvalue weighted by molar-refractivity contribution is 7.99. The van der Waals surface area contributed by atoms with Gasteiger partial charge < -0.3 is 9.47 Å². The van der Waals surface area contributed by atoms with Crippen molar-refractivity contribution in [3.63, 3.8) is 0 Å². The lowest BCUT2D eigenvalue weighted by Gasteiger charge is -2.09. The van der Waals surface area contributed by atoms with Crippen LogP contribution in [0.15, 0.2) is 48.5 Å². The first kappa shape index (κ1) is 26.0. The summed E-state index contributed by atoms with van der Waals surface area (Å²) in [6, 6.07) is 15.5. The maximum Gasteiger partial charge on any atom is 0.259 e. The monoisotopic (exact) mass is 580 g/mol. The smallest absolute Gasteiger partial charge is 0.259 e. The molecule has 2 aromatic carbocycles. The minimum absolute atomic E-state index is 0.231. The van der Waals surface area contributed by atoms with E-state index in [1.165, 1.54) is 22.7 Å². The summed E-state index contributed by atoms with van der Waals surface area (Å²) in [5.41, 5.74) is 3.86. The number of carbonyl (C=O) groups excluding carboxylic acids is 2. The van der Waals surface area contributed by atoms with Gasteiger partial charge >= 0.3 is 0 Å². The van der Waals surface area contributed by atoms with E-state index in [9.17, 15) is 9.59 Å². The van der Waals surface area contributed by atoms with Crippen molar-refractivity contribution in [2.24, 2.45) is 0 Å². The van der Waals surface area contributed by atoms with Gasteiger partial charge in [0.2, 0.25) is 10.3 Å². The van der Waals surface area contributed by atoms with Crippen LogP contribution in [-0.4, -0.2) is 43.7 Å². The largest absolute Gasteiger partial charge is 0.359 e. The van der Waals surface area contributed by atoms with Crippen LogP contribution in [0.3, 0.4) is 0 Å². The summed E-state index contributed by atoms with van der Waals surface area (Å²) in [5, 5.41) is 25.0. The number of nitrogens with one attached hydrogen (secondary N) is 2. The number of hydrogen-bond acceptors (Lipinski definition) is 11. The standard InChI is InChI=1S/C26H24N6O4S3/c33-23(21-17-7-3-1-5-15(17)13-35-21)27-25-31-29-19(38-25)9-11-37-12-10-20-30-32-26(39-20)28-24(34)22-18-8-4-2-6-16(18)14-36-22/h1-8,21-22H,9-14H2,(H,27,31,33)(H,28,32,34). The van der Waals surface area contributed by atoms with Crippen molar-refractivity contribution in [2.75, 3.05) is 22.1 Å². The van der Waals surface area contributed by atoms with Crippen LogP contribution in [0, 0.1) is 0 Å². The molecule has 0 aliphatic carbocycles. The van der Waals surface area contributed by atoms with E-state index in [0.29, 0.717) is 23.5 Å². The Morgan fingerprint density at radius 2 is 1.21 bits per heavy atom. The van der Waals surface area contributed by atoms with Crippen LogP contribution < -0.4 is 10.6 Å². The van der Waals surface area contributed by atoms with E-state index in [0.717, 1.165) is 56.6 Å². The molecule has 2 aliphatic heterocycles. The van der Waals surface area contributed by atoms with Crippen molar-refractivity contribution in [3.8, 4) is 0 Å². The predicted molar refractivity (Wildman–Crippen MR) is 150 cm³/mol. The Balaban J connectivity index is 0.909. The second-order valence-corrected chi connectivity index (χ2v) is 12.2. The molecule has 6 rings (SSSR count). The zero-order valence-corrected chi connectivity index (χ0v) is 23.1. The molecule has 0 saturated carbocycles. The average molecular weight is 581 g/mol. The number of aryl methyl sites for hydroxylation is 2. The summed E-state index contributed by atoms with van der Waals surface area (Å²) < 4.78 is 11.3. The summed E-state index contributed by atoms with van der Waals surface area (Å²) in [7, 11) is 0. The molecule has 4 aromatic rings. The highest BCUT2D eigenvalue weighted by Gasteiger charge is 2.31. The molecular formula is C26H24N6O4S3. The van der Waals surface area contributed by atoms with Crippen LogP contribution in [0.25, 0.3) is 0 Å². The first-order valence-corrected chi connectivity index (χ1v) is 15.2. The van der Waals surface area contributed by atoms with Crippen LogP contribution in [0.1, 0.15) is 44.5 Å². The third-order valence-corrected chi connectivity index (χ3v) is 9.06. The first-order chi connectivity index (χ1) is 19.1. The van der Waals surface area contributed by atoms with Gasteiger partial charge in [-0.3, -0.25) is 20.2 Å². The molecule has 4 heterocycles. The van der Waals surface area contributed by atoms with E-state index >= 15 is 0 Å². The number of ether oxygens (including phenoxy) is 2. The van der Waals surface area contributed by atoms with Crippen molar-refractivity contribution in [1.29, 1.82) is 0 Å². The summed E-state index contributed by atoms with van der Waals surface area (Å²) in [6.07, 6.45) is 0.264. The Hall–Kier alpha value is -3.23. The maximum absolute atomic E-state index is 12.7. The van der Waals surface area contributed by atoms with E-state index in [1.807, 2.05) is 48.5 Å². The molecule has 2 aliphatic rings. The van der Waals surface area contributed by atoms with Gasteiger partial charge in [-0.15, -0.1) is 20.4 Å². The number of benzene rings is 2. The van der Waals surface area contributed by atoms with Crippen LogP contribution in [0.2, 0.25) is 0 Å². The Morgan fingerprint density at radius 1 is 0.744 bits per heavy atom. The fraction of sp³-hybridized carbons (Fsp3) is 0.308. The molecule has 2 amide bonds. The van der Waals surface area contributed by atoms with Gasteiger partial charge in [-0.05, 0) is 33.8 Å². The number of nitrogens with zero attached hydrogens (tertiary/aromatic N) is 4. The summed E-state index contributed by atoms with van der Waals surface area (Å²) in [5.74, 6) is 1.26. The minimum atomic E-state index is -0.619. The minimum Gasteiger partial charge on any atom is -0.359 e. The predicted octanol–water partition coefficient (Wildman–Crippen LogP) is 4.33. The second-order valence-electron chi connectivity index (χ2n) is 8.87. The van der Waals surface area contributed by atoms with Crippen LogP contribution in [0.4, 0.5) is 10.3 Å². The number of hydrogen-bond donors (Lipinski definition) is 2. The molecule has 13 heteroatoms. The summed E-state index contributed by atoms with van der Waals surface area (Å²) in [4.78, 5) is 25.3. The molecular weight excluding hydrogens is 557 g/mol. The molecule has 0 saturated heterocycles. The van der Waals surface area contributed by atoms with Crippen molar-refractivity contribution in [3.05, 3.63) is 80.8 Å². The molecule has 0 radical (unpaired) electrons. The molecule has 0 fully saturated rings. The molecule has 0 spiro atoms. The number of thioether (sulfide) groups is 1. The van der Waals surface area contributed by atoms with E-state index in [-0.39, 0.29) is 11.8 Å². The third kappa shape index (κ3) is 6.02. The van der Waals surface area contributed by atoms with E-state index in [2.05, 4.69) is 31.0 Å². The van der Waals surface area contributed by atoms with Crippen molar-refractivity contribution < 1.29 is 19.1 Å². The zero-order valence-electron chi connectivity index (χ0n) is 20.7. The van der Waals surface area contributed by atoms with Crippen LogP contribution in [0.5, 0.6) is 0 Å². The lowest BCUT2D eigenvalue weighted by Crippen LogP contribution is -2.20. The first-order valence-electron chi connectivity index (χ1n) is 12.4. The van der Waals surface area contributed by atoms with Crippen LogP contribution >= 0.6 is 34.4 Å². The fourth-order valence-corrected chi connectivity index (χ4v) is 7.00. The van der Waals surface area contributed by atoms with Gasteiger partial charge in [0.1, 0.15) is 10.0 Å². The molecule has 39 heavy (non-hydrogen) atoms. The van der Waals surface area contributed by atoms with E-state index < -0.39 is 12.2 Å². The van der Waals surface area contributed by atoms with Gasteiger partial charge in [0.05, 0.1) is 13.2 Å². The molecule has 2 aromatic heterocycles. The Labute approximate surface area is 236 Å².